The Bertz CT molecular complexity index is 902. The molecule has 0 aliphatic carbocycles. The SMILES string of the molecule is Cc1ccc(N2CCCC3(CCCN3C(=O)c3cc(CC(C)C)on3)C2=O)cc1. The molecule has 3 heterocycles. The van der Waals surface area contributed by atoms with E-state index in [0.717, 1.165) is 30.5 Å². The van der Waals surface area contributed by atoms with Crippen LogP contribution in [0.1, 0.15) is 61.3 Å². The smallest absolute Gasteiger partial charge is 0.276 e. The van der Waals surface area contributed by atoms with Gasteiger partial charge in [-0.05, 0) is 50.7 Å². The number of carbonyl (C=O) groups excluding carboxylic acids is 2. The molecule has 6 nitrogen and oxygen atoms in total. The zero-order valence-corrected chi connectivity index (χ0v) is 17.5. The average Bonchev–Trinajstić information content (AvgIpc) is 3.32. The summed E-state index contributed by atoms with van der Waals surface area (Å²) in [7, 11) is 0. The lowest BCUT2D eigenvalue weighted by atomic mass is 9.85. The van der Waals surface area contributed by atoms with Crippen molar-refractivity contribution in [3.8, 4) is 0 Å². The van der Waals surface area contributed by atoms with Gasteiger partial charge in [-0.25, -0.2) is 0 Å². The molecule has 0 N–H and O–H groups in total. The molecule has 2 aromatic rings. The Hall–Kier alpha value is -2.63. The second kappa shape index (κ2) is 7.65. The molecule has 1 aromatic carbocycles. The molecule has 6 heteroatoms. The molecule has 154 valence electrons. The number of anilines is 1. The molecule has 0 saturated carbocycles. The van der Waals surface area contributed by atoms with E-state index in [1.54, 1.807) is 11.0 Å². The maximum absolute atomic E-state index is 13.6. The van der Waals surface area contributed by atoms with Gasteiger partial charge in [0.1, 0.15) is 11.3 Å². The summed E-state index contributed by atoms with van der Waals surface area (Å²) in [5.74, 6) is 0.976. The molecule has 2 aliphatic rings. The fraction of sp³-hybridized carbons (Fsp3) is 0.522. The van der Waals surface area contributed by atoms with Crippen LogP contribution in [0, 0.1) is 12.8 Å². The zero-order valence-electron chi connectivity index (χ0n) is 17.5. The van der Waals surface area contributed by atoms with Gasteiger partial charge < -0.3 is 14.3 Å². The maximum Gasteiger partial charge on any atom is 0.276 e. The Morgan fingerprint density at radius 1 is 1.17 bits per heavy atom. The molecule has 29 heavy (non-hydrogen) atoms. The third-order valence-corrected chi connectivity index (χ3v) is 6.08. The lowest BCUT2D eigenvalue weighted by Gasteiger charge is -2.44. The Morgan fingerprint density at radius 3 is 2.55 bits per heavy atom. The van der Waals surface area contributed by atoms with Crippen LogP contribution in [0.15, 0.2) is 34.9 Å². The van der Waals surface area contributed by atoms with Gasteiger partial charge in [0.25, 0.3) is 11.8 Å². The van der Waals surface area contributed by atoms with Gasteiger partial charge in [0.05, 0.1) is 0 Å². The molecule has 2 saturated heterocycles. The summed E-state index contributed by atoms with van der Waals surface area (Å²) in [6.45, 7) is 7.50. The van der Waals surface area contributed by atoms with Crippen molar-refractivity contribution < 1.29 is 14.1 Å². The normalized spacial score (nSPS) is 22.1. The number of piperidine rings is 1. The lowest BCUT2D eigenvalue weighted by molar-refractivity contribution is -0.130. The van der Waals surface area contributed by atoms with E-state index in [0.29, 0.717) is 43.3 Å². The summed E-state index contributed by atoms with van der Waals surface area (Å²) in [5.41, 5.74) is 1.60. The monoisotopic (exact) mass is 395 g/mol. The minimum Gasteiger partial charge on any atom is -0.361 e. The van der Waals surface area contributed by atoms with E-state index in [1.807, 2.05) is 36.1 Å². The molecule has 1 atom stereocenters. The van der Waals surface area contributed by atoms with Gasteiger partial charge in [-0.15, -0.1) is 0 Å². The topological polar surface area (TPSA) is 66.7 Å². The van der Waals surface area contributed by atoms with Crippen molar-refractivity contribution in [2.24, 2.45) is 5.92 Å². The van der Waals surface area contributed by atoms with E-state index in [2.05, 4.69) is 19.0 Å². The van der Waals surface area contributed by atoms with Crippen LogP contribution in [0.25, 0.3) is 0 Å². The maximum atomic E-state index is 13.6. The molecular weight excluding hydrogens is 366 g/mol. The quantitative estimate of drug-likeness (QED) is 0.785. The molecule has 0 bridgehead atoms. The second-order valence-electron chi connectivity index (χ2n) is 8.76. The van der Waals surface area contributed by atoms with E-state index in [1.165, 1.54) is 0 Å². The molecule has 2 aliphatic heterocycles. The van der Waals surface area contributed by atoms with Gasteiger partial charge in [0.2, 0.25) is 0 Å². The highest BCUT2D eigenvalue weighted by Gasteiger charge is 2.53. The molecular formula is C23H29N3O3. The summed E-state index contributed by atoms with van der Waals surface area (Å²) in [6, 6.07) is 9.76. The molecule has 0 radical (unpaired) electrons. The van der Waals surface area contributed by atoms with Gasteiger partial charge >= 0.3 is 0 Å². The lowest BCUT2D eigenvalue weighted by Crippen LogP contribution is -2.61. The van der Waals surface area contributed by atoms with Gasteiger partial charge in [0, 0.05) is 31.3 Å². The van der Waals surface area contributed by atoms with Crippen molar-refractivity contribution in [1.82, 2.24) is 10.1 Å². The molecule has 1 aromatic heterocycles. The van der Waals surface area contributed by atoms with E-state index >= 15 is 0 Å². The number of amides is 2. The number of hydrogen-bond acceptors (Lipinski definition) is 4. The summed E-state index contributed by atoms with van der Waals surface area (Å²) in [6.07, 6.45) is 3.86. The van der Waals surface area contributed by atoms with Crippen LogP contribution in [-0.4, -0.2) is 40.5 Å². The fourth-order valence-corrected chi connectivity index (χ4v) is 4.67. The predicted octanol–water partition coefficient (Wildman–Crippen LogP) is 3.98. The minimum absolute atomic E-state index is 0.0318. The first-order valence-electron chi connectivity index (χ1n) is 10.6. The number of aromatic nitrogens is 1. The van der Waals surface area contributed by atoms with Gasteiger partial charge in [-0.3, -0.25) is 9.59 Å². The zero-order chi connectivity index (χ0) is 20.6. The Balaban J connectivity index is 1.60. The highest BCUT2D eigenvalue weighted by Crippen LogP contribution is 2.40. The predicted molar refractivity (Wildman–Crippen MR) is 111 cm³/mol. The number of likely N-dealkylation sites (tertiary alicyclic amines) is 1. The first-order chi connectivity index (χ1) is 13.9. The van der Waals surface area contributed by atoms with Crippen molar-refractivity contribution in [3.63, 3.8) is 0 Å². The number of rotatable bonds is 4. The van der Waals surface area contributed by atoms with Crippen molar-refractivity contribution in [3.05, 3.63) is 47.3 Å². The number of aryl methyl sites for hydroxylation is 1. The standard InChI is InChI=1S/C23H29N3O3/c1-16(2)14-19-15-20(24-29-19)21(27)26-13-5-11-23(26)10-4-12-25(22(23)28)18-8-6-17(3)7-9-18/h6-9,15-16H,4-5,10-14H2,1-3H3. The van der Waals surface area contributed by atoms with E-state index in [9.17, 15) is 9.59 Å². The summed E-state index contributed by atoms with van der Waals surface area (Å²) in [5, 5.41) is 4.01. The number of benzene rings is 1. The summed E-state index contributed by atoms with van der Waals surface area (Å²) in [4.78, 5) is 30.5. The van der Waals surface area contributed by atoms with Gasteiger partial charge in [-0.1, -0.05) is 36.7 Å². The highest BCUT2D eigenvalue weighted by molar-refractivity contribution is 6.05. The minimum atomic E-state index is -0.766. The highest BCUT2D eigenvalue weighted by atomic mass is 16.5. The Labute approximate surface area is 171 Å². The summed E-state index contributed by atoms with van der Waals surface area (Å²) >= 11 is 0. The third-order valence-electron chi connectivity index (χ3n) is 6.08. The largest absolute Gasteiger partial charge is 0.361 e. The molecule has 2 fully saturated rings. The molecule has 1 unspecified atom stereocenters. The van der Waals surface area contributed by atoms with Gasteiger partial charge in [0.15, 0.2) is 5.69 Å². The Kier molecular flexibility index (Phi) is 5.19. The first-order valence-corrected chi connectivity index (χ1v) is 10.6. The van der Waals surface area contributed by atoms with Crippen LogP contribution in [0.3, 0.4) is 0 Å². The molecule has 2 amide bonds. The Morgan fingerprint density at radius 2 is 1.86 bits per heavy atom. The van der Waals surface area contributed by atoms with Crippen LogP contribution in [0.2, 0.25) is 0 Å². The summed E-state index contributed by atoms with van der Waals surface area (Å²) < 4.78 is 5.37. The van der Waals surface area contributed by atoms with Crippen molar-refractivity contribution in [2.75, 3.05) is 18.0 Å². The average molecular weight is 396 g/mol. The van der Waals surface area contributed by atoms with Crippen molar-refractivity contribution in [1.29, 1.82) is 0 Å². The van der Waals surface area contributed by atoms with E-state index < -0.39 is 5.54 Å². The number of hydrogen-bond donors (Lipinski definition) is 0. The van der Waals surface area contributed by atoms with Crippen molar-refractivity contribution >= 4 is 17.5 Å². The van der Waals surface area contributed by atoms with Crippen molar-refractivity contribution in [2.45, 2.75) is 58.4 Å². The third kappa shape index (κ3) is 3.56. The van der Waals surface area contributed by atoms with E-state index in [4.69, 9.17) is 4.52 Å². The van der Waals surface area contributed by atoms with Gasteiger partial charge in [-0.2, -0.15) is 0 Å². The fourth-order valence-electron chi connectivity index (χ4n) is 4.67. The molecule has 1 spiro atoms. The van der Waals surface area contributed by atoms with Crippen LogP contribution >= 0.6 is 0 Å². The number of nitrogens with zero attached hydrogens (tertiary/aromatic N) is 3. The van der Waals surface area contributed by atoms with E-state index in [-0.39, 0.29) is 11.8 Å². The van der Waals surface area contributed by atoms with Crippen LogP contribution in [-0.2, 0) is 11.2 Å². The van der Waals surface area contributed by atoms with Crippen LogP contribution < -0.4 is 4.90 Å². The molecule has 4 rings (SSSR count). The van der Waals surface area contributed by atoms with Crippen LogP contribution in [0.5, 0.6) is 0 Å². The first kappa shape index (κ1) is 19.7. The number of carbonyl (C=O) groups is 2. The van der Waals surface area contributed by atoms with Crippen LogP contribution in [0.4, 0.5) is 5.69 Å². The second-order valence-corrected chi connectivity index (χ2v) is 8.76.